The molecular weight excluding hydrogens is 208 g/mol. The Labute approximate surface area is 103 Å². The van der Waals surface area contributed by atoms with Crippen LogP contribution in [0.2, 0.25) is 0 Å². The predicted octanol–water partition coefficient (Wildman–Crippen LogP) is 2.92. The first-order chi connectivity index (χ1) is 8.25. The lowest BCUT2D eigenvalue weighted by molar-refractivity contribution is 0.615. The topological polar surface area (TPSA) is 17.0 Å². The van der Waals surface area contributed by atoms with Crippen molar-refractivity contribution in [2.24, 2.45) is 7.05 Å². The first kappa shape index (κ1) is 11.9. The highest BCUT2D eigenvalue weighted by molar-refractivity contribution is 5.19. The summed E-state index contributed by atoms with van der Waals surface area (Å²) in [4.78, 5) is 0. The quantitative estimate of drug-likeness (QED) is 0.832. The average Bonchev–Trinajstić information content (AvgIpc) is 2.76. The molecule has 1 N–H and O–H groups in total. The van der Waals surface area contributed by atoms with E-state index in [1.807, 2.05) is 0 Å². The van der Waals surface area contributed by atoms with Crippen LogP contribution in [0, 0.1) is 0 Å². The molecule has 1 unspecified atom stereocenters. The van der Waals surface area contributed by atoms with Crippen LogP contribution in [-0.4, -0.2) is 11.1 Å². The maximum Gasteiger partial charge on any atom is 0.0220 e. The van der Waals surface area contributed by atoms with E-state index in [1.165, 1.54) is 11.1 Å². The molecule has 0 aliphatic carbocycles. The van der Waals surface area contributed by atoms with E-state index in [-0.39, 0.29) is 0 Å². The number of nitrogens with one attached hydrogen (secondary N) is 1. The molecule has 0 aliphatic heterocycles. The number of aromatic nitrogens is 1. The molecule has 1 atom stereocenters. The Kier molecular flexibility index (Phi) is 3.99. The minimum Gasteiger partial charge on any atom is -0.357 e. The monoisotopic (exact) mass is 228 g/mol. The molecule has 0 spiro atoms. The zero-order valence-electron chi connectivity index (χ0n) is 10.6. The second-order valence-corrected chi connectivity index (χ2v) is 4.63. The van der Waals surface area contributed by atoms with Gasteiger partial charge in [-0.15, -0.1) is 0 Å². The molecule has 1 aromatic carbocycles. The Morgan fingerprint density at radius 3 is 2.59 bits per heavy atom. The lowest BCUT2D eigenvalue weighted by Gasteiger charge is -2.12. The zero-order chi connectivity index (χ0) is 12.1. The van der Waals surface area contributed by atoms with Crippen LogP contribution in [0.4, 0.5) is 0 Å². The summed E-state index contributed by atoms with van der Waals surface area (Å²) < 4.78 is 2.08. The van der Waals surface area contributed by atoms with Crippen LogP contribution in [0.1, 0.15) is 24.0 Å². The van der Waals surface area contributed by atoms with Crippen LogP contribution in [0.5, 0.6) is 0 Å². The molecule has 1 heterocycles. The minimum absolute atomic E-state index is 0.555. The van der Waals surface area contributed by atoms with Gasteiger partial charge in [0.2, 0.25) is 0 Å². The maximum absolute atomic E-state index is 3.50. The van der Waals surface area contributed by atoms with Crippen molar-refractivity contribution in [2.45, 2.75) is 19.4 Å². The Balaban J connectivity index is 1.79. The summed E-state index contributed by atoms with van der Waals surface area (Å²) in [6.45, 7) is 4.21. The van der Waals surface area contributed by atoms with Crippen molar-refractivity contribution in [3.05, 3.63) is 59.9 Å². The Morgan fingerprint density at radius 2 is 1.94 bits per heavy atom. The van der Waals surface area contributed by atoms with E-state index >= 15 is 0 Å². The highest BCUT2D eigenvalue weighted by Gasteiger charge is 2.04. The van der Waals surface area contributed by atoms with Gasteiger partial charge in [-0.2, -0.15) is 0 Å². The average molecular weight is 228 g/mol. The molecule has 2 rings (SSSR count). The summed E-state index contributed by atoms with van der Waals surface area (Å²) in [6.07, 6.45) is 4.23. The van der Waals surface area contributed by atoms with Crippen molar-refractivity contribution < 1.29 is 0 Å². The lowest BCUT2D eigenvalue weighted by atomic mass is 10.0. The standard InChI is InChI=1S/C15H20N2/c1-13(15-6-4-3-5-7-15)10-16-11-14-8-9-17(2)12-14/h3-9,12-13,16H,10-11H2,1-2H3. The van der Waals surface area contributed by atoms with Crippen LogP contribution in [-0.2, 0) is 13.6 Å². The third kappa shape index (κ3) is 3.46. The Bertz CT molecular complexity index is 445. The first-order valence-electron chi connectivity index (χ1n) is 6.12. The van der Waals surface area contributed by atoms with Crippen molar-refractivity contribution in [3.8, 4) is 0 Å². The van der Waals surface area contributed by atoms with Crippen LogP contribution >= 0.6 is 0 Å². The molecule has 0 aliphatic rings. The van der Waals surface area contributed by atoms with Gasteiger partial charge in [0.25, 0.3) is 0 Å². The minimum atomic E-state index is 0.555. The smallest absolute Gasteiger partial charge is 0.0220 e. The van der Waals surface area contributed by atoms with E-state index in [9.17, 15) is 0 Å². The van der Waals surface area contributed by atoms with Gasteiger partial charge in [-0.1, -0.05) is 37.3 Å². The summed E-state index contributed by atoms with van der Waals surface area (Å²) >= 11 is 0. The van der Waals surface area contributed by atoms with Crippen LogP contribution in [0.15, 0.2) is 48.8 Å². The molecule has 0 saturated carbocycles. The normalized spacial score (nSPS) is 12.6. The third-order valence-electron chi connectivity index (χ3n) is 3.04. The van der Waals surface area contributed by atoms with Gasteiger partial charge >= 0.3 is 0 Å². The van der Waals surface area contributed by atoms with Gasteiger partial charge < -0.3 is 9.88 Å². The highest BCUT2D eigenvalue weighted by atomic mass is 14.9. The third-order valence-corrected chi connectivity index (χ3v) is 3.04. The maximum atomic E-state index is 3.50. The number of hydrogen-bond donors (Lipinski definition) is 1. The fourth-order valence-corrected chi connectivity index (χ4v) is 2.00. The fourth-order valence-electron chi connectivity index (χ4n) is 2.00. The zero-order valence-corrected chi connectivity index (χ0v) is 10.6. The van der Waals surface area contributed by atoms with E-state index in [1.54, 1.807) is 0 Å². The van der Waals surface area contributed by atoms with Gasteiger partial charge in [0.1, 0.15) is 0 Å². The van der Waals surface area contributed by atoms with Crippen molar-refractivity contribution in [2.75, 3.05) is 6.54 Å². The summed E-state index contributed by atoms with van der Waals surface area (Å²) in [5, 5.41) is 3.50. The fraction of sp³-hybridized carbons (Fsp3) is 0.333. The molecule has 1 aromatic heterocycles. The van der Waals surface area contributed by atoms with E-state index in [4.69, 9.17) is 0 Å². The molecule has 0 radical (unpaired) electrons. The van der Waals surface area contributed by atoms with E-state index in [0.717, 1.165) is 13.1 Å². The van der Waals surface area contributed by atoms with Gasteiger partial charge in [-0.05, 0) is 23.1 Å². The Morgan fingerprint density at radius 1 is 1.18 bits per heavy atom. The SMILES string of the molecule is CC(CNCc1ccn(C)c1)c1ccccc1. The van der Waals surface area contributed by atoms with E-state index in [0.29, 0.717) is 5.92 Å². The molecular formula is C15H20N2. The van der Waals surface area contributed by atoms with Gasteiger partial charge in [0.05, 0.1) is 0 Å². The molecule has 0 amide bonds. The van der Waals surface area contributed by atoms with Gasteiger partial charge in [-0.3, -0.25) is 0 Å². The lowest BCUT2D eigenvalue weighted by Crippen LogP contribution is -2.19. The number of rotatable bonds is 5. The largest absolute Gasteiger partial charge is 0.357 e. The van der Waals surface area contributed by atoms with Crippen molar-refractivity contribution in [3.63, 3.8) is 0 Å². The van der Waals surface area contributed by atoms with Gasteiger partial charge in [0, 0.05) is 32.5 Å². The number of nitrogens with zero attached hydrogens (tertiary/aromatic N) is 1. The first-order valence-corrected chi connectivity index (χ1v) is 6.12. The van der Waals surface area contributed by atoms with Crippen LogP contribution < -0.4 is 5.32 Å². The molecule has 90 valence electrons. The van der Waals surface area contributed by atoms with E-state index < -0.39 is 0 Å². The van der Waals surface area contributed by atoms with Gasteiger partial charge in [0.15, 0.2) is 0 Å². The Hall–Kier alpha value is -1.54. The van der Waals surface area contributed by atoms with Gasteiger partial charge in [-0.25, -0.2) is 0 Å². The number of benzene rings is 1. The molecule has 0 saturated heterocycles. The molecule has 2 nitrogen and oxygen atoms in total. The second kappa shape index (κ2) is 5.69. The second-order valence-electron chi connectivity index (χ2n) is 4.63. The summed E-state index contributed by atoms with van der Waals surface area (Å²) in [5.41, 5.74) is 2.74. The van der Waals surface area contributed by atoms with Crippen molar-refractivity contribution in [1.29, 1.82) is 0 Å². The number of hydrogen-bond acceptors (Lipinski definition) is 1. The summed E-state index contributed by atoms with van der Waals surface area (Å²) in [6, 6.07) is 12.8. The van der Waals surface area contributed by atoms with Crippen LogP contribution in [0.25, 0.3) is 0 Å². The number of aryl methyl sites for hydroxylation is 1. The predicted molar refractivity (Wildman–Crippen MR) is 72.0 cm³/mol. The van der Waals surface area contributed by atoms with E-state index in [2.05, 4.69) is 72.6 Å². The van der Waals surface area contributed by atoms with Crippen LogP contribution in [0.3, 0.4) is 0 Å². The molecule has 2 heteroatoms. The molecule has 2 aromatic rings. The molecule has 17 heavy (non-hydrogen) atoms. The molecule has 0 fully saturated rings. The van der Waals surface area contributed by atoms with Crippen molar-refractivity contribution >= 4 is 0 Å². The highest BCUT2D eigenvalue weighted by Crippen LogP contribution is 2.13. The summed E-state index contributed by atoms with van der Waals surface area (Å²) in [5.74, 6) is 0.555. The van der Waals surface area contributed by atoms with Crippen molar-refractivity contribution in [1.82, 2.24) is 9.88 Å². The summed E-state index contributed by atoms with van der Waals surface area (Å²) in [7, 11) is 2.05. The molecule has 0 bridgehead atoms.